The predicted octanol–water partition coefficient (Wildman–Crippen LogP) is 11.6. The van der Waals surface area contributed by atoms with Gasteiger partial charge < -0.3 is 8.83 Å². The Morgan fingerprint density at radius 2 is 0.881 bits per heavy atom. The third kappa shape index (κ3) is 3.33. The van der Waals surface area contributed by atoms with Crippen molar-refractivity contribution in [2.24, 2.45) is 0 Å². The first kappa shape index (κ1) is 23.1. The summed E-state index contributed by atoms with van der Waals surface area (Å²) in [4.78, 5) is 0. The molecule has 2 heterocycles. The number of fused-ring (bicyclic) bond motifs is 6. The minimum Gasteiger partial charge on any atom is -0.464 e. The summed E-state index contributed by atoms with van der Waals surface area (Å²) in [6.45, 7) is 0. The molecule has 0 unspecified atom stereocenters. The minimum absolute atomic E-state index is 0.824. The Balaban J connectivity index is 1.41. The van der Waals surface area contributed by atoms with Crippen molar-refractivity contribution in [1.29, 1.82) is 0 Å². The van der Waals surface area contributed by atoms with E-state index in [-0.39, 0.29) is 0 Å². The maximum atomic E-state index is 6.40. The van der Waals surface area contributed by atoms with Gasteiger partial charge in [0.2, 0.25) is 0 Å². The molecule has 2 aromatic heterocycles. The largest absolute Gasteiger partial charge is 0.464 e. The van der Waals surface area contributed by atoms with Crippen LogP contribution in [0.1, 0.15) is 0 Å². The first-order valence-corrected chi connectivity index (χ1v) is 14.3. The molecule has 0 aliphatic carbocycles. The molecule has 0 atom stereocenters. The smallest absolute Gasteiger partial charge is 0.139 e. The molecule has 42 heavy (non-hydrogen) atoms. The van der Waals surface area contributed by atoms with Gasteiger partial charge in [0.05, 0.1) is 6.26 Å². The number of hydrogen-bond acceptors (Lipinski definition) is 2. The maximum Gasteiger partial charge on any atom is 0.139 e. The Labute approximate surface area is 242 Å². The average molecular weight is 537 g/mol. The predicted molar refractivity (Wildman–Crippen MR) is 175 cm³/mol. The fourth-order valence-corrected chi connectivity index (χ4v) is 6.75. The zero-order valence-electron chi connectivity index (χ0n) is 22.7. The lowest BCUT2D eigenvalue weighted by atomic mass is 9.84. The zero-order chi connectivity index (χ0) is 27.6. The summed E-state index contributed by atoms with van der Waals surface area (Å²) >= 11 is 0. The van der Waals surface area contributed by atoms with Crippen LogP contribution in [0.15, 0.2) is 155 Å². The van der Waals surface area contributed by atoms with Gasteiger partial charge in [-0.25, -0.2) is 0 Å². The number of para-hydroxylation sites is 1. The summed E-state index contributed by atoms with van der Waals surface area (Å²) < 4.78 is 12.4. The highest BCUT2D eigenvalue weighted by Crippen LogP contribution is 2.49. The highest BCUT2D eigenvalue weighted by molar-refractivity contribution is 6.29. The van der Waals surface area contributed by atoms with Gasteiger partial charge >= 0.3 is 0 Å². The molecule has 0 amide bonds. The van der Waals surface area contributed by atoms with Crippen molar-refractivity contribution in [3.63, 3.8) is 0 Å². The Kier molecular flexibility index (Phi) is 4.93. The van der Waals surface area contributed by atoms with Gasteiger partial charge in [0, 0.05) is 27.8 Å². The maximum absolute atomic E-state index is 6.40. The summed E-state index contributed by atoms with van der Waals surface area (Å²) in [6, 6.07) is 49.5. The van der Waals surface area contributed by atoms with Crippen LogP contribution in [0.2, 0.25) is 0 Å². The molecular weight excluding hydrogens is 512 g/mol. The fraction of sp³-hybridized carbons (Fsp3) is 0. The number of hydrogen-bond donors (Lipinski definition) is 0. The van der Waals surface area contributed by atoms with Crippen molar-refractivity contribution >= 4 is 54.5 Å². The first-order valence-electron chi connectivity index (χ1n) is 14.3. The van der Waals surface area contributed by atoms with Gasteiger partial charge in [0.1, 0.15) is 16.7 Å². The van der Waals surface area contributed by atoms with Crippen LogP contribution in [0, 0.1) is 0 Å². The Morgan fingerprint density at radius 1 is 0.333 bits per heavy atom. The lowest BCUT2D eigenvalue weighted by molar-refractivity contribution is 0.613. The van der Waals surface area contributed by atoms with Crippen LogP contribution in [-0.4, -0.2) is 0 Å². The van der Waals surface area contributed by atoms with E-state index in [1.807, 2.05) is 18.2 Å². The third-order valence-electron chi connectivity index (χ3n) is 8.56. The van der Waals surface area contributed by atoms with Crippen LogP contribution in [0.5, 0.6) is 0 Å². The molecule has 0 bridgehead atoms. The molecule has 0 radical (unpaired) electrons. The molecule has 0 saturated carbocycles. The molecule has 0 aliphatic heterocycles. The van der Waals surface area contributed by atoms with Gasteiger partial charge in [-0.15, -0.1) is 0 Å². The molecule has 0 spiro atoms. The third-order valence-corrected chi connectivity index (χ3v) is 8.56. The van der Waals surface area contributed by atoms with Gasteiger partial charge in [-0.05, 0) is 61.5 Å². The van der Waals surface area contributed by atoms with E-state index in [0.29, 0.717) is 0 Å². The Morgan fingerprint density at radius 3 is 1.57 bits per heavy atom. The highest BCUT2D eigenvalue weighted by Gasteiger charge is 2.23. The molecule has 196 valence electrons. The zero-order valence-corrected chi connectivity index (χ0v) is 22.7. The molecular formula is C40H24O2. The SMILES string of the molecule is c1ccc(-c2ccc(-c3c4ccccc4c(-c4c5ccoc5cc5oc6ccccc6c45)c4ccccc34)cc2)cc1. The van der Waals surface area contributed by atoms with Crippen LogP contribution < -0.4 is 0 Å². The number of rotatable bonds is 3. The second-order valence-corrected chi connectivity index (χ2v) is 10.8. The van der Waals surface area contributed by atoms with Crippen molar-refractivity contribution in [2.75, 3.05) is 0 Å². The summed E-state index contributed by atoms with van der Waals surface area (Å²) in [5, 5.41) is 8.18. The van der Waals surface area contributed by atoms with Gasteiger partial charge in [0.15, 0.2) is 0 Å². The van der Waals surface area contributed by atoms with E-state index in [0.717, 1.165) is 38.5 Å². The van der Waals surface area contributed by atoms with Crippen LogP contribution in [0.4, 0.5) is 0 Å². The van der Waals surface area contributed by atoms with Gasteiger partial charge in [0.25, 0.3) is 0 Å². The van der Waals surface area contributed by atoms with E-state index in [2.05, 4.69) is 121 Å². The quantitative estimate of drug-likeness (QED) is 0.210. The normalized spacial score (nSPS) is 11.8. The van der Waals surface area contributed by atoms with Crippen molar-refractivity contribution in [3.8, 4) is 33.4 Å². The monoisotopic (exact) mass is 536 g/mol. The lowest BCUT2D eigenvalue weighted by Gasteiger charge is -2.19. The van der Waals surface area contributed by atoms with Gasteiger partial charge in [-0.1, -0.05) is 121 Å². The first-order chi connectivity index (χ1) is 20.8. The molecule has 2 nitrogen and oxygen atoms in total. The van der Waals surface area contributed by atoms with E-state index < -0.39 is 0 Å². The average Bonchev–Trinajstić information content (AvgIpc) is 3.68. The van der Waals surface area contributed by atoms with E-state index in [4.69, 9.17) is 8.83 Å². The summed E-state index contributed by atoms with van der Waals surface area (Å²) in [7, 11) is 0. The molecule has 9 rings (SSSR count). The van der Waals surface area contributed by atoms with Crippen molar-refractivity contribution < 1.29 is 8.83 Å². The van der Waals surface area contributed by atoms with E-state index >= 15 is 0 Å². The topological polar surface area (TPSA) is 26.3 Å². The van der Waals surface area contributed by atoms with Gasteiger partial charge in [-0.2, -0.15) is 0 Å². The van der Waals surface area contributed by atoms with Crippen LogP contribution >= 0.6 is 0 Å². The summed E-state index contributed by atoms with van der Waals surface area (Å²) in [5.74, 6) is 0. The minimum atomic E-state index is 0.824. The second-order valence-electron chi connectivity index (χ2n) is 10.8. The summed E-state index contributed by atoms with van der Waals surface area (Å²) in [5.41, 5.74) is 9.78. The number of benzene rings is 7. The lowest BCUT2D eigenvalue weighted by Crippen LogP contribution is -1.92. The summed E-state index contributed by atoms with van der Waals surface area (Å²) in [6.07, 6.45) is 1.78. The highest BCUT2D eigenvalue weighted by atomic mass is 16.3. The van der Waals surface area contributed by atoms with Gasteiger partial charge in [-0.3, -0.25) is 0 Å². The number of furan rings is 2. The van der Waals surface area contributed by atoms with E-state index in [1.165, 1.54) is 49.4 Å². The fourth-order valence-electron chi connectivity index (χ4n) is 6.75. The van der Waals surface area contributed by atoms with Crippen molar-refractivity contribution in [3.05, 3.63) is 146 Å². The van der Waals surface area contributed by atoms with Crippen molar-refractivity contribution in [2.45, 2.75) is 0 Å². The van der Waals surface area contributed by atoms with Crippen molar-refractivity contribution in [1.82, 2.24) is 0 Å². The molecule has 0 saturated heterocycles. The molecule has 0 N–H and O–H groups in total. The molecule has 9 aromatic rings. The van der Waals surface area contributed by atoms with Crippen LogP contribution in [0.3, 0.4) is 0 Å². The van der Waals surface area contributed by atoms with E-state index in [1.54, 1.807) is 6.26 Å². The second kappa shape index (κ2) is 8.95. The Bertz CT molecular complexity index is 2380. The van der Waals surface area contributed by atoms with Crippen LogP contribution in [-0.2, 0) is 0 Å². The molecule has 0 fully saturated rings. The Hall–Kier alpha value is -5.60. The molecule has 0 aliphatic rings. The molecule has 2 heteroatoms. The van der Waals surface area contributed by atoms with Crippen LogP contribution in [0.25, 0.3) is 87.8 Å². The standard InChI is InChI=1S/C40H24O2/c1-2-10-25(11-3-1)26-18-20-27(21-19-26)37-28-12-4-6-14-30(28)38(31-15-7-5-13-29(31)37)40-33-22-23-41-35(33)24-36-39(40)32-16-8-9-17-34(32)42-36/h1-24H. The molecule has 7 aromatic carbocycles. The van der Waals surface area contributed by atoms with E-state index in [9.17, 15) is 0 Å².